The van der Waals surface area contributed by atoms with Crippen molar-refractivity contribution in [3.8, 4) is 11.5 Å². The van der Waals surface area contributed by atoms with Crippen LogP contribution in [0.1, 0.15) is 39.0 Å². The van der Waals surface area contributed by atoms with Crippen LogP contribution in [0.15, 0.2) is 48.6 Å². The second kappa shape index (κ2) is 5.32. The molecule has 0 saturated carbocycles. The van der Waals surface area contributed by atoms with Gasteiger partial charge in [-0.25, -0.2) is 0 Å². The van der Waals surface area contributed by atoms with Crippen molar-refractivity contribution < 1.29 is 19.0 Å². The van der Waals surface area contributed by atoms with Gasteiger partial charge in [-0.3, -0.25) is 4.79 Å². The summed E-state index contributed by atoms with van der Waals surface area (Å²) in [6.07, 6.45) is 7.37. The molecule has 130 valence electrons. The SMILES string of the molecule is COc1ccc2c3c1C(=O)C=CC3(OC)Oc1cccc3c1C2=CCC3. The van der Waals surface area contributed by atoms with E-state index in [2.05, 4.69) is 12.1 Å². The molecule has 0 bridgehead atoms. The average molecular weight is 346 g/mol. The van der Waals surface area contributed by atoms with Crippen molar-refractivity contribution in [2.75, 3.05) is 14.2 Å². The zero-order valence-electron chi connectivity index (χ0n) is 14.7. The molecule has 4 nitrogen and oxygen atoms in total. The molecule has 0 fully saturated rings. The van der Waals surface area contributed by atoms with Crippen LogP contribution in [0.2, 0.25) is 0 Å². The highest BCUT2D eigenvalue weighted by molar-refractivity contribution is 6.11. The number of hydrogen-bond donors (Lipinski definition) is 0. The van der Waals surface area contributed by atoms with Gasteiger partial charge in [0.05, 0.1) is 18.2 Å². The molecule has 0 radical (unpaired) electrons. The predicted molar refractivity (Wildman–Crippen MR) is 97.6 cm³/mol. The van der Waals surface area contributed by atoms with E-state index in [1.165, 1.54) is 11.6 Å². The van der Waals surface area contributed by atoms with Crippen molar-refractivity contribution >= 4 is 11.4 Å². The number of fused-ring (bicyclic) bond motifs is 1. The molecule has 4 heteroatoms. The van der Waals surface area contributed by atoms with Crippen molar-refractivity contribution in [1.82, 2.24) is 0 Å². The first kappa shape index (κ1) is 15.4. The van der Waals surface area contributed by atoms with Crippen LogP contribution in [0, 0.1) is 0 Å². The third-order valence-corrected chi connectivity index (χ3v) is 5.44. The molecule has 0 spiro atoms. The van der Waals surface area contributed by atoms with Crippen molar-refractivity contribution in [1.29, 1.82) is 0 Å². The van der Waals surface area contributed by atoms with Crippen LogP contribution in [-0.2, 0) is 16.9 Å². The van der Waals surface area contributed by atoms with Gasteiger partial charge in [0.15, 0.2) is 5.78 Å². The van der Waals surface area contributed by atoms with Gasteiger partial charge >= 0.3 is 0 Å². The summed E-state index contributed by atoms with van der Waals surface area (Å²) < 4.78 is 17.8. The van der Waals surface area contributed by atoms with Gasteiger partial charge in [0, 0.05) is 12.7 Å². The van der Waals surface area contributed by atoms with Crippen LogP contribution < -0.4 is 9.47 Å². The van der Waals surface area contributed by atoms with Gasteiger partial charge in [-0.2, -0.15) is 0 Å². The molecule has 1 atom stereocenters. The molecule has 0 aromatic heterocycles. The van der Waals surface area contributed by atoms with Gasteiger partial charge < -0.3 is 14.2 Å². The van der Waals surface area contributed by atoms with Gasteiger partial charge in [0.1, 0.15) is 11.5 Å². The molecular weight excluding hydrogens is 328 g/mol. The molecule has 2 aromatic carbocycles. The summed E-state index contributed by atoms with van der Waals surface area (Å²) in [6, 6.07) is 9.97. The Morgan fingerprint density at radius 1 is 1.12 bits per heavy atom. The Morgan fingerprint density at radius 2 is 2.00 bits per heavy atom. The number of rotatable bonds is 2. The summed E-state index contributed by atoms with van der Waals surface area (Å²) in [6.45, 7) is 0. The van der Waals surface area contributed by atoms with E-state index in [4.69, 9.17) is 14.2 Å². The molecule has 2 aliphatic carbocycles. The normalized spacial score (nSPS) is 21.9. The summed E-state index contributed by atoms with van der Waals surface area (Å²) in [5, 5.41) is 0. The van der Waals surface area contributed by atoms with Crippen molar-refractivity contribution in [2.24, 2.45) is 0 Å². The second-order valence-corrected chi connectivity index (χ2v) is 6.68. The first-order valence-corrected chi connectivity index (χ1v) is 8.70. The van der Waals surface area contributed by atoms with Gasteiger partial charge in [-0.15, -0.1) is 0 Å². The fraction of sp³-hybridized carbons (Fsp3) is 0.227. The van der Waals surface area contributed by atoms with Crippen molar-refractivity contribution in [2.45, 2.75) is 18.6 Å². The standard InChI is InChI=1S/C22H18O4/c1-24-17-10-9-15-14-7-3-5-13-6-4-8-18(19(13)14)26-22(25-2)12-11-16(23)20(17)21(15)22/h4,6-12H,3,5H2,1-2H3. The molecule has 1 unspecified atom stereocenters. The largest absolute Gasteiger partial charge is 0.496 e. The minimum atomic E-state index is -1.15. The highest BCUT2D eigenvalue weighted by atomic mass is 16.7. The highest BCUT2D eigenvalue weighted by Gasteiger charge is 2.45. The van der Waals surface area contributed by atoms with E-state index in [1.807, 2.05) is 24.3 Å². The smallest absolute Gasteiger partial charge is 0.258 e. The molecule has 26 heavy (non-hydrogen) atoms. The highest BCUT2D eigenvalue weighted by Crippen LogP contribution is 2.51. The van der Waals surface area contributed by atoms with Crippen LogP contribution in [0.25, 0.3) is 5.57 Å². The number of aryl methyl sites for hydroxylation is 1. The number of ether oxygens (including phenoxy) is 3. The van der Waals surface area contributed by atoms with E-state index in [-0.39, 0.29) is 5.78 Å². The quantitative estimate of drug-likeness (QED) is 0.824. The Labute approximate surface area is 151 Å². The van der Waals surface area contributed by atoms with Crippen LogP contribution in [0.3, 0.4) is 0 Å². The molecule has 1 heterocycles. The lowest BCUT2D eigenvalue weighted by Crippen LogP contribution is -2.37. The van der Waals surface area contributed by atoms with E-state index in [0.717, 1.165) is 40.9 Å². The third kappa shape index (κ3) is 1.85. The maximum absolute atomic E-state index is 12.7. The molecule has 0 N–H and O–H groups in total. The van der Waals surface area contributed by atoms with Crippen LogP contribution in [0.4, 0.5) is 0 Å². The number of benzene rings is 2. The number of hydrogen-bond acceptors (Lipinski definition) is 4. The number of allylic oxidation sites excluding steroid dienone is 2. The average Bonchev–Trinajstić information content (AvgIpc) is 2.80. The topological polar surface area (TPSA) is 44.8 Å². The Morgan fingerprint density at radius 3 is 2.81 bits per heavy atom. The molecule has 0 amide bonds. The maximum Gasteiger partial charge on any atom is 0.258 e. The third-order valence-electron chi connectivity index (χ3n) is 5.44. The fourth-order valence-corrected chi connectivity index (χ4v) is 4.29. The van der Waals surface area contributed by atoms with E-state index in [1.54, 1.807) is 20.3 Å². The fourth-order valence-electron chi connectivity index (χ4n) is 4.29. The van der Waals surface area contributed by atoms with Gasteiger partial charge in [0.2, 0.25) is 0 Å². The first-order chi connectivity index (χ1) is 12.7. The van der Waals surface area contributed by atoms with E-state index >= 15 is 0 Å². The maximum atomic E-state index is 12.7. The van der Waals surface area contributed by atoms with Crippen LogP contribution in [-0.4, -0.2) is 20.0 Å². The Bertz CT molecular complexity index is 1020. The van der Waals surface area contributed by atoms with Crippen molar-refractivity contribution in [3.05, 3.63) is 76.4 Å². The lowest BCUT2D eigenvalue weighted by molar-refractivity contribution is -0.132. The minimum absolute atomic E-state index is 0.0995. The Balaban J connectivity index is 1.94. The minimum Gasteiger partial charge on any atom is -0.496 e. The number of methoxy groups -OCH3 is 2. The van der Waals surface area contributed by atoms with Crippen LogP contribution in [0.5, 0.6) is 11.5 Å². The summed E-state index contributed by atoms with van der Waals surface area (Å²) >= 11 is 0. The number of ketones is 1. The van der Waals surface area contributed by atoms with E-state index in [0.29, 0.717) is 11.3 Å². The van der Waals surface area contributed by atoms with Crippen molar-refractivity contribution in [3.63, 3.8) is 0 Å². The number of carbonyl (C=O) groups excluding carboxylic acids is 1. The van der Waals surface area contributed by atoms with Gasteiger partial charge in [0.25, 0.3) is 5.79 Å². The zero-order chi connectivity index (χ0) is 17.9. The Hall–Kier alpha value is -2.85. The lowest BCUT2D eigenvalue weighted by atomic mass is 9.80. The number of carbonyl (C=O) groups is 1. The van der Waals surface area contributed by atoms with Gasteiger partial charge in [-0.1, -0.05) is 24.3 Å². The van der Waals surface area contributed by atoms with Crippen LogP contribution >= 0.6 is 0 Å². The molecule has 0 saturated heterocycles. The van der Waals surface area contributed by atoms with E-state index in [9.17, 15) is 4.79 Å². The summed E-state index contributed by atoms with van der Waals surface area (Å²) in [4.78, 5) is 12.7. The summed E-state index contributed by atoms with van der Waals surface area (Å²) in [5.41, 5.74) is 5.65. The molecule has 1 aliphatic heterocycles. The monoisotopic (exact) mass is 346 g/mol. The lowest BCUT2D eigenvalue weighted by Gasteiger charge is -2.34. The molecule has 3 aliphatic rings. The first-order valence-electron chi connectivity index (χ1n) is 8.70. The molecular formula is C22H18O4. The molecule has 5 rings (SSSR count). The van der Waals surface area contributed by atoms with E-state index < -0.39 is 5.79 Å². The summed E-state index contributed by atoms with van der Waals surface area (Å²) in [5.74, 6) is 0.0548. The molecule has 2 aromatic rings. The Kier molecular flexibility index (Phi) is 3.15. The predicted octanol–water partition coefficient (Wildman–Crippen LogP) is 4.02. The van der Waals surface area contributed by atoms with Gasteiger partial charge in [-0.05, 0) is 53.8 Å². The summed E-state index contributed by atoms with van der Waals surface area (Å²) in [7, 11) is 3.17. The zero-order valence-corrected chi connectivity index (χ0v) is 14.7. The second-order valence-electron chi connectivity index (χ2n) is 6.68.